The van der Waals surface area contributed by atoms with Crippen LogP contribution in [0.4, 0.5) is 5.69 Å². The van der Waals surface area contributed by atoms with Crippen LogP contribution >= 0.6 is 22.6 Å². The summed E-state index contributed by atoms with van der Waals surface area (Å²) in [4.78, 5) is 12.1. The highest BCUT2D eigenvalue weighted by atomic mass is 127. The van der Waals surface area contributed by atoms with Crippen LogP contribution in [-0.4, -0.2) is 30.5 Å². The number of carbonyl (C=O) groups excluding carboxylic acids is 1. The average molecular weight is 454 g/mol. The van der Waals surface area contributed by atoms with Crippen molar-refractivity contribution in [1.29, 1.82) is 0 Å². The van der Waals surface area contributed by atoms with Gasteiger partial charge in [-0.2, -0.15) is 0 Å². The quantitative estimate of drug-likeness (QED) is 0.289. The fraction of sp³-hybridized carbons (Fsp3) is 0.222. The van der Waals surface area contributed by atoms with E-state index in [1.54, 1.807) is 12.1 Å². The molecule has 2 aromatic rings. The van der Waals surface area contributed by atoms with Crippen molar-refractivity contribution >= 4 is 40.4 Å². The molecule has 0 aromatic heterocycles. The number of ether oxygens (including phenoxy) is 2. The third-order valence-electron chi connectivity index (χ3n) is 3.19. The van der Waals surface area contributed by atoms with Gasteiger partial charge in [0, 0.05) is 11.3 Å². The second-order valence-electron chi connectivity index (χ2n) is 5.21. The van der Waals surface area contributed by atoms with E-state index in [1.165, 1.54) is 6.21 Å². The van der Waals surface area contributed by atoms with Crippen molar-refractivity contribution in [3.63, 3.8) is 0 Å². The lowest BCUT2D eigenvalue weighted by atomic mass is 10.2. The van der Waals surface area contributed by atoms with Gasteiger partial charge < -0.3 is 20.0 Å². The second kappa shape index (κ2) is 9.26. The van der Waals surface area contributed by atoms with Crippen LogP contribution in [0.25, 0.3) is 0 Å². The molecule has 1 amide bonds. The number of aryl methyl sites for hydroxylation is 1. The summed E-state index contributed by atoms with van der Waals surface area (Å²) in [7, 11) is 0. The first-order chi connectivity index (χ1) is 12.0. The summed E-state index contributed by atoms with van der Waals surface area (Å²) in [5, 5.41) is 14.5. The monoisotopic (exact) mass is 454 g/mol. The minimum Gasteiger partial charge on any atom is -0.490 e. The van der Waals surface area contributed by atoms with Crippen molar-refractivity contribution in [3.8, 4) is 11.5 Å². The van der Waals surface area contributed by atoms with E-state index in [2.05, 4.69) is 33.1 Å². The van der Waals surface area contributed by atoms with Gasteiger partial charge in [0.25, 0.3) is 5.91 Å². The maximum Gasteiger partial charge on any atom is 0.262 e. The maximum atomic E-state index is 12.1. The van der Waals surface area contributed by atoms with Crippen LogP contribution in [0.3, 0.4) is 0 Å². The number of halogens is 1. The van der Waals surface area contributed by atoms with E-state index < -0.39 is 0 Å². The molecule has 0 aliphatic rings. The van der Waals surface area contributed by atoms with Gasteiger partial charge in [0.2, 0.25) is 0 Å². The van der Waals surface area contributed by atoms with Crippen molar-refractivity contribution in [2.24, 2.45) is 5.16 Å². The van der Waals surface area contributed by atoms with Crippen molar-refractivity contribution in [2.45, 2.75) is 13.8 Å². The SMILES string of the molecule is CCOc1cc(/C=N\O)cc(I)c1OCC(=O)Nc1cccc(C)c1. The van der Waals surface area contributed by atoms with Crippen LogP contribution in [0.15, 0.2) is 41.6 Å². The molecule has 2 rings (SSSR count). The third-order valence-corrected chi connectivity index (χ3v) is 3.99. The lowest BCUT2D eigenvalue weighted by Crippen LogP contribution is -2.20. The van der Waals surface area contributed by atoms with Gasteiger partial charge in [-0.3, -0.25) is 4.79 Å². The molecule has 0 aliphatic carbocycles. The maximum absolute atomic E-state index is 12.1. The van der Waals surface area contributed by atoms with Crippen LogP contribution < -0.4 is 14.8 Å². The number of hydrogen-bond donors (Lipinski definition) is 2. The molecule has 0 aliphatic heterocycles. The minimum absolute atomic E-state index is 0.141. The fourth-order valence-corrected chi connectivity index (χ4v) is 2.97. The number of hydrogen-bond acceptors (Lipinski definition) is 5. The summed E-state index contributed by atoms with van der Waals surface area (Å²) in [5.41, 5.74) is 2.46. The Kier molecular flexibility index (Phi) is 7.05. The first kappa shape index (κ1) is 19.0. The Hall–Kier alpha value is -2.29. The molecule has 0 bridgehead atoms. The molecular formula is C18H19IN2O4. The Morgan fingerprint density at radius 3 is 2.80 bits per heavy atom. The average Bonchev–Trinajstić information content (AvgIpc) is 2.54. The van der Waals surface area contributed by atoms with Crippen LogP contribution in [-0.2, 0) is 4.79 Å². The number of nitrogens with zero attached hydrogens (tertiary/aromatic N) is 1. The zero-order valence-electron chi connectivity index (χ0n) is 14.0. The number of nitrogens with one attached hydrogen (secondary N) is 1. The topological polar surface area (TPSA) is 80.2 Å². The summed E-state index contributed by atoms with van der Waals surface area (Å²) in [6, 6.07) is 11.0. The normalized spacial score (nSPS) is 10.7. The van der Waals surface area contributed by atoms with Gasteiger partial charge in [-0.1, -0.05) is 17.3 Å². The molecule has 25 heavy (non-hydrogen) atoms. The Balaban J connectivity index is 2.09. The molecule has 0 radical (unpaired) electrons. The standard InChI is InChI=1S/C18H19IN2O4/c1-3-24-16-9-13(10-20-23)8-15(19)18(16)25-11-17(22)21-14-6-4-5-12(2)7-14/h4-10,23H,3,11H2,1-2H3,(H,21,22)/b20-10-. The Morgan fingerprint density at radius 2 is 2.12 bits per heavy atom. The van der Waals surface area contributed by atoms with E-state index in [4.69, 9.17) is 14.7 Å². The predicted molar refractivity (Wildman–Crippen MR) is 105 cm³/mol. The molecule has 2 aromatic carbocycles. The first-order valence-electron chi connectivity index (χ1n) is 7.66. The van der Waals surface area contributed by atoms with Crippen LogP contribution in [0.5, 0.6) is 11.5 Å². The summed E-state index contributed by atoms with van der Waals surface area (Å²) < 4.78 is 12.0. The summed E-state index contributed by atoms with van der Waals surface area (Å²) >= 11 is 2.09. The number of amides is 1. The largest absolute Gasteiger partial charge is 0.490 e. The predicted octanol–water partition coefficient (Wildman–Crippen LogP) is 3.82. The highest BCUT2D eigenvalue weighted by Gasteiger charge is 2.14. The molecule has 0 atom stereocenters. The number of benzene rings is 2. The lowest BCUT2D eigenvalue weighted by molar-refractivity contribution is -0.118. The number of rotatable bonds is 7. The second-order valence-corrected chi connectivity index (χ2v) is 6.38. The summed E-state index contributed by atoms with van der Waals surface area (Å²) in [6.45, 7) is 4.12. The smallest absolute Gasteiger partial charge is 0.262 e. The zero-order valence-corrected chi connectivity index (χ0v) is 16.1. The van der Waals surface area contributed by atoms with Gasteiger partial charge >= 0.3 is 0 Å². The highest BCUT2D eigenvalue weighted by Crippen LogP contribution is 2.34. The van der Waals surface area contributed by atoms with Crippen molar-refractivity contribution in [1.82, 2.24) is 0 Å². The summed E-state index contributed by atoms with van der Waals surface area (Å²) in [6.07, 6.45) is 1.30. The number of carbonyl (C=O) groups is 1. The van der Waals surface area contributed by atoms with E-state index >= 15 is 0 Å². The molecule has 0 saturated carbocycles. The van der Waals surface area contributed by atoms with Crippen LogP contribution in [0.1, 0.15) is 18.1 Å². The van der Waals surface area contributed by atoms with Crippen LogP contribution in [0, 0.1) is 10.5 Å². The molecule has 0 heterocycles. The van der Waals surface area contributed by atoms with Gasteiger partial charge in [-0.05, 0) is 66.3 Å². The molecule has 132 valence electrons. The fourth-order valence-electron chi connectivity index (χ4n) is 2.19. The lowest BCUT2D eigenvalue weighted by Gasteiger charge is -2.14. The zero-order chi connectivity index (χ0) is 18.2. The number of anilines is 1. The highest BCUT2D eigenvalue weighted by molar-refractivity contribution is 14.1. The van der Waals surface area contributed by atoms with Crippen molar-refractivity contribution in [2.75, 3.05) is 18.5 Å². The van der Waals surface area contributed by atoms with Gasteiger partial charge in [0.15, 0.2) is 18.1 Å². The third kappa shape index (κ3) is 5.63. The minimum atomic E-state index is -0.259. The molecule has 0 unspecified atom stereocenters. The first-order valence-corrected chi connectivity index (χ1v) is 8.74. The molecule has 7 heteroatoms. The Morgan fingerprint density at radius 1 is 1.32 bits per heavy atom. The van der Waals surface area contributed by atoms with Gasteiger partial charge in [-0.15, -0.1) is 0 Å². The van der Waals surface area contributed by atoms with Gasteiger partial charge in [0.1, 0.15) is 0 Å². The molecule has 0 spiro atoms. The van der Waals surface area contributed by atoms with Crippen LogP contribution in [0.2, 0.25) is 0 Å². The Labute approximate surface area is 160 Å². The molecule has 6 nitrogen and oxygen atoms in total. The van der Waals surface area contributed by atoms with E-state index in [9.17, 15) is 4.79 Å². The number of oxime groups is 1. The van der Waals surface area contributed by atoms with E-state index in [1.807, 2.05) is 38.1 Å². The van der Waals surface area contributed by atoms with E-state index in [0.29, 0.717) is 23.7 Å². The molecule has 2 N–H and O–H groups in total. The summed E-state index contributed by atoms with van der Waals surface area (Å²) in [5.74, 6) is 0.717. The molecule has 0 fully saturated rings. The molecule has 0 saturated heterocycles. The Bertz CT molecular complexity index is 778. The van der Waals surface area contributed by atoms with Gasteiger partial charge in [-0.25, -0.2) is 0 Å². The molecular weight excluding hydrogens is 435 g/mol. The van der Waals surface area contributed by atoms with Crippen molar-refractivity contribution < 1.29 is 19.5 Å². The van der Waals surface area contributed by atoms with Gasteiger partial charge in [0.05, 0.1) is 16.4 Å². The van der Waals surface area contributed by atoms with Crippen molar-refractivity contribution in [3.05, 3.63) is 51.1 Å². The van der Waals surface area contributed by atoms with E-state index in [0.717, 1.165) is 14.8 Å². The van der Waals surface area contributed by atoms with E-state index in [-0.39, 0.29) is 12.5 Å².